The summed E-state index contributed by atoms with van der Waals surface area (Å²) >= 11 is 3.27. The minimum absolute atomic E-state index is 0.0627. The predicted molar refractivity (Wildman–Crippen MR) is 89.7 cm³/mol. The zero-order valence-corrected chi connectivity index (χ0v) is 15.0. The van der Waals surface area contributed by atoms with Crippen molar-refractivity contribution in [3.8, 4) is 0 Å². The predicted octanol–water partition coefficient (Wildman–Crippen LogP) is -0.751. The Bertz CT molecular complexity index is 578. The summed E-state index contributed by atoms with van der Waals surface area (Å²) < 4.78 is 0.639. The van der Waals surface area contributed by atoms with E-state index in [-0.39, 0.29) is 30.9 Å². The molecule has 0 aromatic heterocycles. The van der Waals surface area contributed by atoms with E-state index in [1.54, 1.807) is 31.3 Å². The molecule has 0 saturated heterocycles. The van der Waals surface area contributed by atoms with Crippen molar-refractivity contribution in [3.05, 3.63) is 34.3 Å². The molecule has 8 heteroatoms. The van der Waals surface area contributed by atoms with Gasteiger partial charge >= 0.3 is 0 Å². The minimum atomic E-state index is -0.416. The average molecular weight is 386 g/mol. The van der Waals surface area contributed by atoms with Gasteiger partial charge in [-0.3, -0.25) is 25.2 Å². The Morgan fingerprint density at radius 3 is 2.30 bits per heavy atom. The molecule has 1 rings (SSSR count). The molecule has 1 unspecified atom stereocenters. The van der Waals surface area contributed by atoms with Crippen molar-refractivity contribution in [2.75, 3.05) is 20.1 Å². The first kappa shape index (κ1) is 19.1. The Hall–Kier alpha value is -1.93. The summed E-state index contributed by atoms with van der Waals surface area (Å²) in [6.07, 6.45) is 0. The number of amides is 3. The molecule has 7 nitrogen and oxygen atoms in total. The molecule has 0 aliphatic heterocycles. The van der Waals surface area contributed by atoms with Gasteiger partial charge in [0.1, 0.15) is 0 Å². The van der Waals surface area contributed by atoms with Gasteiger partial charge in [0, 0.05) is 10.5 Å². The third-order valence-electron chi connectivity index (χ3n) is 2.81. The molecule has 0 saturated carbocycles. The van der Waals surface area contributed by atoms with Crippen LogP contribution in [0.25, 0.3) is 0 Å². The smallest absolute Gasteiger partial charge is 0.293 e. The van der Waals surface area contributed by atoms with E-state index in [2.05, 4.69) is 32.1 Å². The SMILES string of the molecule is CC(C)NC(=O)C[NH+](C)CC(=O)NNC(=O)c1ccccc1Br. The van der Waals surface area contributed by atoms with E-state index in [1.807, 2.05) is 13.8 Å². The summed E-state index contributed by atoms with van der Waals surface area (Å²) in [5.74, 6) is -0.913. The van der Waals surface area contributed by atoms with E-state index >= 15 is 0 Å². The third-order valence-corrected chi connectivity index (χ3v) is 3.50. The van der Waals surface area contributed by atoms with E-state index < -0.39 is 5.91 Å². The van der Waals surface area contributed by atoms with Crippen molar-refractivity contribution in [3.63, 3.8) is 0 Å². The highest BCUT2D eigenvalue weighted by atomic mass is 79.9. The Kier molecular flexibility index (Phi) is 7.70. The largest absolute Gasteiger partial charge is 0.349 e. The lowest BCUT2D eigenvalue weighted by Gasteiger charge is -2.15. The Morgan fingerprint density at radius 1 is 1.09 bits per heavy atom. The summed E-state index contributed by atoms with van der Waals surface area (Å²) in [4.78, 5) is 36.0. The van der Waals surface area contributed by atoms with Gasteiger partial charge in [0.25, 0.3) is 17.7 Å². The molecule has 1 aromatic rings. The monoisotopic (exact) mass is 385 g/mol. The van der Waals surface area contributed by atoms with Gasteiger partial charge in [0.2, 0.25) is 0 Å². The van der Waals surface area contributed by atoms with Crippen molar-refractivity contribution in [1.82, 2.24) is 16.2 Å². The van der Waals surface area contributed by atoms with Crippen LogP contribution in [0.4, 0.5) is 0 Å². The van der Waals surface area contributed by atoms with Crippen LogP contribution in [0, 0.1) is 0 Å². The van der Waals surface area contributed by atoms with Crippen LogP contribution in [0.15, 0.2) is 28.7 Å². The molecular formula is C15H22BrN4O3+. The standard InChI is InChI=1S/C15H21BrN4O3/c1-10(2)17-13(21)8-20(3)9-14(22)18-19-15(23)11-6-4-5-7-12(11)16/h4-7,10H,8-9H2,1-3H3,(H,17,21)(H,18,22)(H,19,23)/p+1. The van der Waals surface area contributed by atoms with Gasteiger partial charge in [-0.2, -0.15) is 0 Å². The van der Waals surface area contributed by atoms with Crippen LogP contribution < -0.4 is 21.1 Å². The molecule has 0 spiro atoms. The van der Waals surface area contributed by atoms with Gasteiger partial charge in [0.15, 0.2) is 13.1 Å². The van der Waals surface area contributed by atoms with E-state index in [0.29, 0.717) is 10.0 Å². The van der Waals surface area contributed by atoms with Crippen LogP contribution in [0.2, 0.25) is 0 Å². The molecule has 3 amide bonds. The first-order valence-electron chi connectivity index (χ1n) is 7.24. The van der Waals surface area contributed by atoms with Crippen LogP contribution >= 0.6 is 15.9 Å². The number of quaternary nitrogens is 1. The van der Waals surface area contributed by atoms with E-state index in [1.165, 1.54) is 0 Å². The van der Waals surface area contributed by atoms with Crippen LogP contribution in [0.3, 0.4) is 0 Å². The van der Waals surface area contributed by atoms with Crippen molar-refractivity contribution in [2.45, 2.75) is 19.9 Å². The van der Waals surface area contributed by atoms with E-state index in [4.69, 9.17) is 0 Å². The van der Waals surface area contributed by atoms with Crippen molar-refractivity contribution < 1.29 is 19.3 Å². The summed E-state index contributed by atoms with van der Waals surface area (Å²) in [6.45, 7) is 4.00. The van der Waals surface area contributed by atoms with Crippen molar-refractivity contribution in [1.29, 1.82) is 0 Å². The molecule has 0 fully saturated rings. The van der Waals surface area contributed by atoms with Crippen LogP contribution in [0.5, 0.6) is 0 Å². The number of carbonyl (C=O) groups excluding carboxylic acids is 3. The summed E-state index contributed by atoms with van der Waals surface area (Å²) in [7, 11) is 1.73. The highest BCUT2D eigenvalue weighted by Gasteiger charge is 2.16. The zero-order chi connectivity index (χ0) is 17.4. The topological polar surface area (TPSA) is 91.7 Å². The molecule has 0 bridgehead atoms. The van der Waals surface area contributed by atoms with Crippen LogP contribution in [-0.4, -0.2) is 43.9 Å². The first-order chi connectivity index (χ1) is 10.8. The summed E-state index contributed by atoms with van der Waals surface area (Å²) in [5.41, 5.74) is 5.11. The minimum Gasteiger partial charge on any atom is -0.349 e. The second kappa shape index (κ2) is 9.26. The number of benzene rings is 1. The maximum absolute atomic E-state index is 11.9. The number of hydrazine groups is 1. The highest BCUT2D eigenvalue weighted by molar-refractivity contribution is 9.10. The van der Waals surface area contributed by atoms with Gasteiger partial charge in [-0.25, -0.2) is 0 Å². The molecule has 126 valence electrons. The van der Waals surface area contributed by atoms with E-state index in [0.717, 1.165) is 4.90 Å². The Morgan fingerprint density at radius 2 is 1.70 bits per heavy atom. The second-order valence-corrected chi connectivity index (χ2v) is 6.37. The maximum atomic E-state index is 11.9. The molecular weight excluding hydrogens is 364 g/mol. The number of hydrogen-bond acceptors (Lipinski definition) is 3. The highest BCUT2D eigenvalue weighted by Crippen LogP contribution is 2.14. The summed E-state index contributed by atoms with van der Waals surface area (Å²) in [6, 6.07) is 6.96. The van der Waals surface area contributed by atoms with Gasteiger partial charge in [-0.1, -0.05) is 12.1 Å². The molecule has 1 atom stereocenters. The molecule has 1 aromatic carbocycles. The van der Waals surface area contributed by atoms with Crippen molar-refractivity contribution >= 4 is 33.7 Å². The van der Waals surface area contributed by atoms with Crippen molar-refractivity contribution in [2.24, 2.45) is 0 Å². The number of likely N-dealkylation sites (N-methyl/N-ethyl adjacent to an activating group) is 1. The zero-order valence-electron chi connectivity index (χ0n) is 13.4. The number of rotatable bonds is 6. The molecule has 4 N–H and O–H groups in total. The van der Waals surface area contributed by atoms with Gasteiger partial charge in [-0.15, -0.1) is 0 Å². The lowest BCUT2D eigenvalue weighted by atomic mass is 10.2. The quantitative estimate of drug-likeness (QED) is 0.485. The third kappa shape index (κ3) is 7.25. The number of halogens is 1. The maximum Gasteiger partial charge on any atom is 0.293 e. The van der Waals surface area contributed by atoms with Gasteiger partial charge < -0.3 is 10.2 Å². The van der Waals surface area contributed by atoms with Gasteiger partial charge in [0.05, 0.1) is 12.6 Å². The Balaban J connectivity index is 2.38. The summed E-state index contributed by atoms with van der Waals surface area (Å²) in [5, 5.41) is 2.76. The average Bonchev–Trinajstić information content (AvgIpc) is 2.44. The molecule has 0 heterocycles. The lowest BCUT2D eigenvalue weighted by molar-refractivity contribution is -0.862. The molecule has 23 heavy (non-hydrogen) atoms. The second-order valence-electron chi connectivity index (χ2n) is 5.52. The fourth-order valence-electron chi connectivity index (χ4n) is 1.87. The van der Waals surface area contributed by atoms with Crippen LogP contribution in [-0.2, 0) is 9.59 Å². The number of carbonyl (C=O) groups is 3. The molecule has 0 aliphatic carbocycles. The Labute approximate surface area is 143 Å². The molecule has 0 aliphatic rings. The lowest BCUT2D eigenvalue weighted by Crippen LogP contribution is -3.11. The number of nitrogens with one attached hydrogen (secondary N) is 4. The fraction of sp³-hybridized carbons (Fsp3) is 0.400. The first-order valence-corrected chi connectivity index (χ1v) is 8.03. The number of hydrogen-bond donors (Lipinski definition) is 4. The molecule has 0 radical (unpaired) electrons. The van der Waals surface area contributed by atoms with Crippen LogP contribution in [0.1, 0.15) is 24.2 Å². The normalized spacial score (nSPS) is 11.7. The van der Waals surface area contributed by atoms with E-state index in [9.17, 15) is 14.4 Å². The fourth-order valence-corrected chi connectivity index (χ4v) is 2.33. The van der Waals surface area contributed by atoms with Gasteiger partial charge in [-0.05, 0) is 41.9 Å².